The van der Waals surface area contributed by atoms with Gasteiger partial charge in [-0.25, -0.2) is 4.98 Å². The molecular formula is C13H11ClIN3S2. The number of aromatic nitrogens is 3. The fraction of sp³-hybridized carbons (Fsp3) is 0.231. The van der Waals surface area contributed by atoms with Crippen LogP contribution in [0.5, 0.6) is 0 Å². The monoisotopic (exact) mass is 435 g/mol. The third-order valence-corrected chi connectivity index (χ3v) is 5.85. The van der Waals surface area contributed by atoms with E-state index in [-0.39, 0.29) is 0 Å². The highest BCUT2D eigenvalue weighted by Gasteiger charge is 2.14. The van der Waals surface area contributed by atoms with Crippen molar-refractivity contribution in [1.82, 2.24) is 13.9 Å². The third kappa shape index (κ3) is 2.70. The molecule has 3 aromatic heterocycles. The van der Waals surface area contributed by atoms with Crippen molar-refractivity contribution in [2.45, 2.75) is 19.8 Å². The Morgan fingerprint density at radius 3 is 3.05 bits per heavy atom. The molecule has 0 amide bonds. The Labute approximate surface area is 142 Å². The zero-order chi connectivity index (χ0) is 14.1. The SMILES string of the molecule is CCCc1csc(-c2nc(Cl)nc3c2ccn3SI)c1. The Bertz CT molecular complexity index is 753. The zero-order valence-corrected chi connectivity index (χ0v) is 15.2. The van der Waals surface area contributed by atoms with Crippen LogP contribution < -0.4 is 0 Å². The summed E-state index contributed by atoms with van der Waals surface area (Å²) >= 11 is 10.0. The van der Waals surface area contributed by atoms with E-state index in [4.69, 9.17) is 11.6 Å². The Hall–Kier alpha value is -0.310. The lowest BCUT2D eigenvalue weighted by Crippen LogP contribution is -1.91. The predicted molar refractivity (Wildman–Crippen MR) is 96.9 cm³/mol. The molecule has 0 saturated heterocycles. The minimum absolute atomic E-state index is 0.295. The highest BCUT2D eigenvalue weighted by Crippen LogP contribution is 2.34. The van der Waals surface area contributed by atoms with Gasteiger partial charge < -0.3 is 0 Å². The van der Waals surface area contributed by atoms with Gasteiger partial charge in [0, 0.05) is 41.9 Å². The van der Waals surface area contributed by atoms with E-state index in [1.807, 2.05) is 16.2 Å². The van der Waals surface area contributed by atoms with Crippen LogP contribution in [-0.4, -0.2) is 13.9 Å². The molecular weight excluding hydrogens is 425 g/mol. The Balaban J connectivity index is 2.16. The lowest BCUT2D eigenvalue weighted by atomic mass is 10.1. The third-order valence-electron chi connectivity index (χ3n) is 2.98. The van der Waals surface area contributed by atoms with Crippen molar-refractivity contribution in [1.29, 1.82) is 0 Å². The first-order valence-electron chi connectivity index (χ1n) is 6.14. The molecule has 0 aliphatic rings. The first kappa shape index (κ1) is 14.6. The van der Waals surface area contributed by atoms with Crippen LogP contribution in [0.4, 0.5) is 0 Å². The second-order valence-electron chi connectivity index (χ2n) is 4.36. The molecule has 0 bridgehead atoms. The molecule has 0 aliphatic carbocycles. The van der Waals surface area contributed by atoms with Crippen LogP contribution in [-0.2, 0) is 6.42 Å². The number of aryl methyl sites for hydroxylation is 1. The average Bonchev–Trinajstić information content (AvgIpc) is 3.04. The summed E-state index contributed by atoms with van der Waals surface area (Å²) in [7, 11) is 1.57. The van der Waals surface area contributed by atoms with Crippen molar-refractivity contribution < 1.29 is 0 Å². The Morgan fingerprint density at radius 2 is 2.30 bits per heavy atom. The molecule has 0 aromatic carbocycles. The van der Waals surface area contributed by atoms with Gasteiger partial charge in [-0.05, 0) is 41.1 Å². The number of nitrogens with zero attached hydrogens (tertiary/aromatic N) is 3. The molecule has 0 radical (unpaired) electrons. The van der Waals surface area contributed by atoms with Crippen LogP contribution in [0.25, 0.3) is 21.6 Å². The summed E-state index contributed by atoms with van der Waals surface area (Å²) in [5.41, 5.74) is 3.15. The van der Waals surface area contributed by atoms with Gasteiger partial charge in [0.25, 0.3) is 0 Å². The van der Waals surface area contributed by atoms with Crippen molar-refractivity contribution in [3.8, 4) is 10.6 Å². The van der Waals surface area contributed by atoms with Gasteiger partial charge in [0.1, 0.15) is 0 Å². The highest BCUT2D eigenvalue weighted by atomic mass is 127. The summed E-state index contributed by atoms with van der Waals surface area (Å²) in [4.78, 5) is 9.92. The van der Waals surface area contributed by atoms with Crippen LogP contribution in [0, 0.1) is 0 Å². The van der Waals surface area contributed by atoms with Crippen LogP contribution in [0.2, 0.25) is 5.28 Å². The van der Waals surface area contributed by atoms with Gasteiger partial charge in [-0.1, -0.05) is 13.3 Å². The smallest absolute Gasteiger partial charge is 0.225 e. The van der Waals surface area contributed by atoms with E-state index in [0.29, 0.717) is 5.28 Å². The molecule has 3 nitrogen and oxygen atoms in total. The van der Waals surface area contributed by atoms with Gasteiger partial charge in [0.15, 0.2) is 5.65 Å². The van der Waals surface area contributed by atoms with Crippen molar-refractivity contribution >= 4 is 64.3 Å². The summed E-state index contributed by atoms with van der Waals surface area (Å²) in [5.74, 6) is 0. The van der Waals surface area contributed by atoms with Crippen molar-refractivity contribution in [3.63, 3.8) is 0 Å². The van der Waals surface area contributed by atoms with E-state index < -0.39 is 0 Å². The molecule has 3 heterocycles. The quantitative estimate of drug-likeness (QED) is 0.394. The Kier molecular flexibility index (Phi) is 4.54. The fourth-order valence-electron chi connectivity index (χ4n) is 2.13. The van der Waals surface area contributed by atoms with Crippen LogP contribution in [0.1, 0.15) is 18.9 Å². The lowest BCUT2D eigenvalue weighted by Gasteiger charge is -2.02. The number of halogens is 2. The molecule has 0 unspecified atom stereocenters. The highest BCUT2D eigenvalue weighted by molar-refractivity contribution is 14.2. The normalized spacial score (nSPS) is 11.3. The van der Waals surface area contributed by atoms with Crippen molar-refractivity contribution in [2.75, 3.05) is 0 Å². The second-order valence-corrected chi connectivity index (χ2v) is 7.32. The predicted octanol–water partition coefficient (Wildman–Crippen LogP) is 5.61. The largest absolute Gasteiger partial charge is 0.266 e. The van der Waals surface area contributed by atoms with Crippen LogP contribution >= 0.6 is 53.3 Å². The summed E-state index contributed by atoms with van der Waals surface area (Å²) < 4.78 is 1.99. The van der Waals surface area contributed by atoms with Gasteiger partial charge in [-0.15, -0.1) is 11.3 Å². The molecule has 20 heavy (non-hydrogen) atoms. The minimum Gasteiger partial charge on any atom is -0.266 e. The average molecular weight is 436 g/mol. The standard InChI is InChI=1S/C13H11ClIN3S2/c1-2-3-8-6-10(19-7-8)11-9-4-5-18(20-15)12(9)17-13(14)16-11/h4-7H,2-3H2,1H3. The molecule has 0 aliphatic heterocycles. The molecule has 0 atom stereocenters. The number of hydrogen-bond acceptors (Lipinski definition) is 4. The van der Waals surface area contributed by atoms with Crippen LogP contribution in [0.3, 0.4) is 0 Å². The summed E-state index contributed by atoms with van der Waals surface area (Å²) in [6.45, 7) is 2.19. The van der Waals surface area contributed by atoms with E-state index in [9.17, 15) is 0 Å². The van der Waals surface area contributed by atoms with Gasteiger partial charge in [-0.2, -0.15) is 4.98 Å². The van der Waals surface area contributed by atoms with Crippen LogP contribution in [0.15, 0.2) is 23.7 Å². The summed E-state index contributed by atoms with van der Waals surface area (Å²) in [6, 6.07) is 4.26. The van der Waals surface area contributed by atoms with Gasteiger partial charge in [0.2, 0.25) is 5.28 Å². The van der Waals surface area contributed by atoms with E-state index in [2.05, 4.69) is 49.5 Å². The molecule has 7 heteroatoms. The van der Waals surface area contributed by atoms with E-state index in [1.165, 1.54) is 5.56 Å². The Morgan fingerprint density at radius 1 is 1.45 bits per heavy atom. The molecule has 0 fully saturated rings. The zero-order valence-electron chi connectivity index (χ0n) is 10.6. The summed E-state index contributed by atoms with van der Waals surface area (Å²) in [5, 5.41) is 3.54. The fourth-order valence-corrected chi connectivity index (χ4v) is 4.51. The lowest BCUT2D eigenvalue weighted by molar-refractivity contribution is 0.927. The first-order chi connectivity index (χ1) is 9.72. The first-order valence-corrected chi connectivity index (χ1v) is 10.7. The van der Waals surface area contributed by atoms with Gasteiger partial charge in [-0.3, -0.25) is 3.97 Å². The summed E-state index contributed by atoms with van der Waals surface area (Å²) in [6.07, 6.45) is 4.25. The number of hydrogen-bond donors (Lipinski definition) is 0. The second kappa shape index (κ2) is 6.21. The molecule has 0 N–H and O–H groups in total. The maximum absolute atomic E-state index is 6.08. The number of fused-ring (bicyclic) bond motifs is 1. The number of thiophene rings is 1. The van der Waals surface area contributed by atoms with E-state index in [1.54, 1.807) is 20.5 Å². The maximum Gasteiger partial charge on any atom is 0.225 e. The van der Waals surface area contributed by atoms with Gasteiger partial charge in [0.05, 0.1) is 10.6 Å². The van der Waals surface area contributed by atoms with E-state index in [0.717, 1.165) is 34.4 Å². The molecule has 104 valence electrons. The minimum atomic E-state index is 0.295. The number of rotatable bonds is 4. The van der Waals surface area contributed by atoms with E-state index >= 15 is 0 Å². The molecule has 3 aromatic rings. The van der Waals surface area contributed by atoms with Gasteiger partial charge >= 0.3 is 0 Å². The van der Waals surface area contributed by atoms with Crippen molar-refractivity contribution in [2.24, 2.45) is 0 Å². The topological polar surface area (TPSA) is 30.7 Å². The maximum atomic E-state index is 6.08. The molecule has 0 saturated carbocycles. The van der Waals surface area contributed by atoms with Crippen molar-refractivity contribution in [3.05, 3.63) is 34.6 Å². The molecule has 0 spiro atoms. The molecule has 3 rings (SSSR count).